The summed E-state index contributed by atoms with van der Waals surface area (Å²) in [5.41, 5.74) is 10.4. The molecule has 0 spiro atoms. The van der Waals surface area contributed by atoms with Gasteiger partial charge < -0.3 is 9.88 Å². The van der Waals surface area contributed by atoms with E-state index < -0.39 is 0 Å². The molecule has 7 aromatic carbocycles. The van der Waals surface area contributed by atoms with Crippen molar-refractivity contribution in [3.8, 4) is 16.8 Å². The Bertz CT molecular complexity index is 2960. The zero-order valence-corrected chi connectivity index (χ0v) is 28.3. The van der Waals surface area contributed by atoms with Gasteiger partial charge in [0.1, 0.15) is 0 Å². The van der Waals surface area contributed by atoms with Crippen molar-refractivity contribution in [2.75, 3.05) is 0 Å². The third-order valence-electron chi connectivity index (χ3n) is 10.4. The number of para-hydroxylation sites is 2. The van der Waals surface area contributed by atoms with Crippen LogP contribution in [-0.4, -0.2) is 21.1 Å². The number of fused-ring (bicyclic) bond motifs is 8. The summed E-state index contributed by atoms with van der Waals surface area (Å²) in [5.74, 6) is 0.839. The molecule has 2 aliphatic rings. The first kappa shape index (κ1) is 28.5. The molecule has 2 aliphatic heterocycles. The van der Waals surface area contributed by atoms with Gasteiger partial charge in [0.25, 0.3) is 0 Å². The van der Waals surface area contributed by atoms with Crippen LogP contribution in [0.2, 0.25) is 0 Å². The van der Waals surface area contributed by atoms with Crippen molar-refractivity contribution in [2.45, 2.75) is 6.04 Å². The van der Waals surface area contributed by atoms with E-state index in [1.54, 1.807) is 11.8 Å². The molecule has 9 aromatic rings. The van der Waals surface area contributed by atoms with Gasteiger partial charge in [-0.3, -0.25) is 4.57 Å². The number of nitrogens with zero attached hydrogens (tertiary/aromatic N) is 3. The highest BCUT2D eigenvalue weighted by atomic mass is 32.2. The number of nitrogens with one attached hydrogen (secondary N) is 1. The van der Waals surface area contributed by atoms with Crippen LogP contribution in [0, 0.1) is 0 Å². The summed E-state index contributed by atoms with van der Waals surface area (Å²) >= 11 is 1.76. The fourth-order valence-corrected chi connectivity index (χ4v) is 8.98. The lowest BCUT2D eigenvalue weighted by Gasteiger charge is -2.25. The van der Waals surface area contributed by atoms with Crippen molar-refractivity contribution < 1.29 is 0 Å². The lowest BCUT2D eigenvalue weighted by molar-refractivity contribution is 0.834. The Morgan fingerprint density at radius 3 is 2.00 bits per heavy atom. The van der Waals surface area contributed by atoms with Gasteiger partial charge in [-0.15, -0.1) is 0 Å². The van der Waals surface area contributed by atoms with Gasteiger partial charge in [-0.2, -0.15) is 0 Å². The number of aromatic nitrogens is 2. The lowest BCUT2D eigenvalue weighted by Crippen LogP contribution is -2.40. The van der Waals surface area contributed by atoms with Gasteiger partial charge in [-0.25, -0.2) is 4.99 Å². The summed E-state index contributed by atoms with van der Waals surface area (Å²) < 4.78 is 4.72. The highest BCUT2D eigenvalue weighted by molar-refractivity contribution is 8.06. The molecule has 4 heterocycles. The van der Waals surface area contributed by atoms with Crippen molar-refractivity contribution >= 4 is 77.8 Å². The van der Waals surface area contributed by atoms with E-state index in [1.165, 1.54) is 59.4 Å². The zero-order valence-electron chi connectivity index (χ0n) is 27.5. The van der Waals surface area contributed by atoms with E-state index in [9.17, 15) is 0 Å². The molecule has 51 heavy (non-hydrogen) atoms. The topological polar surface area (TPSA) is 34.2 Å². The first-order chi connectivity index (χ1) is 25.3. The maximum absolute atomic E-state index is 5.38. The fourth-order valence-electron chi connectivity index (χ4n) is 8.04. The number of thioether (sulfide) groups is 1. The first-order valence-electron chi connectivity index (χ1n) is 17.3. The number of hydrogen-bond acceptors (Lipinski definition) is 3. The fraction of sp³-hybridized carbons (Fsp3) is 0.0217. The van der Waals surface area contributed by atoms with Gasteiger partial charge in [0.15, 0.2) is 0 Å². The van der Waals surface area contributed by atoms with Crippen LogP contribution in [-0.2, 0) is 0 Å². The van der Waals surface area contributed by atoms with Gasteiger partial charge in [-0.1, -0.05) is 127 Å². The highest BCUT2D eigenvalue weighted by Gasteiger charge is 2.29. The van der Waals surface area contributed by atoms with E-state index >= 15 is 0 Å². The van der Waals surface area contributed by atoms with Gasteiger partial charge in [0.05, 0.1) is 33.8 Å². The Kier molecular flexibility index (Phi) is 6.21. The number of rotatable bonds is 3. The summed E-state index contributed by atoms with van der Waals surface area (Å²) in [6.45, 7) is 0. The second-order valence-electron chi connectivity index (χ2n) is 13.3. The minimum atomic E-state index is 0.0769. The predicted molar refractivity (Wildman–Crippen MR) is 217 cm³/mol. The van der Waals surface area contributed by atoms with E-state index in [-0.39, 0.29) is 6.04 Å². The van der Waals surface area contributed by atoms with E-state index in [2.05, 4.69) is 184 Å². The maximum atomic E-state index is 5.38. The lowest BCUT2D eigenvalue weighted by atomic mass is 10.0. The minimum absolute atomic E-state index is 0.0769. The van der Waals surface area contributed by atoms with Crippen molar-refractivity contribution in [2.24, 2.45) is 4.99 Å². The Morgan fingerprint density at radius 1 is 0.490 bits per heavy atom. The molecule has 1 atom stereocenters. The summed E-state index contributed by atoms with van der Waals surface area (Å²) in [7, 11) is 0. The molecule has 4 nitrogen and oxygen atoms in total. The summed E-state index contributed by atoms with van der Waals surface area (Å²) in [6, 6.07) is 57.1. The molecular weight excluding hydrogens is 641 g/mol. The normalized spacial score (nSPS) is 15.7. The molecule has 0 amide bonds. The van der Waals surface area contributed by atoms with E-state index in [4.69, 9.17) is 4.99 Å². The maximum Gasteiger partial charge on any atom is 0.209 e. The third kappa shape index (κ3) is 4.38. The molecule has 0 radical (unpaired) electrons. The SMILES string of the molecule is C1=CC2NC(n3c4ccc(-c5ccc6c7ccccc7n(-c7ccccc7)c6c5)cc4c4cc5ccccc5cc43)=NC(c3ccccc3)=C2S1. The van der Waals surface area contributed by atoms with E-state index in [0.717, 1.165) is 33.9 Å². The zero-order chi connectivity index (χ0) is 33.5. The Labute approximate surface area is 298 Å². The van der Waals surface area contributed by atoms with Crippen LogP contribution in [0.25, 0.3) is 76.9 Å². The molecule has 1 N–H and O–H groups in total. The summed E-state index contributed by atoms with van der Waals surface area (Å²) in [5, 5.41) is 13.3. The molecule has 0 fully saturated rings. The minimum Gasteiger partial charge on any atom is -0.344 e. The molecule has 1 unspecified atom stereocenters. The van der Waals surface area contributed by atoms with Crippen molar-refractivity contribution in [1.29, 1.82) is 0 Å². The van der Waals surface area contributed by atoms with Gasteiger partial charge in [0.2, 0.25) is 5.96 Å². The van der Waals surface area contributed by atoms with Crippen LogP contribution in [0.15, 0.2) is 179 Å². The van der Waals surface area contributed by atoms with E-state index in [1.807, 2.05) is 0 Å². The second-order valence-corrected chi connectivity index (χ2v) is 14.2. The predicted octanol–water partition coefficient (Wildman–Crippen LogP) is 11.5. The number of benzene rings is 7. The summed E-state index contributed by atoms with van der Waals surface area (Å²) in [6.07, 6.45) is 2.24. The standard InChI is InChI=1S/C46H30N4S/c1-3-11-29(12-4-1)44-45-39(23-24-51-45)47-46(48-44)50-41-22-20-32(26-37(41)38-25-30-13-7-8-14-31(30)27-43(38)50)33-19-21-36-35-17-9-10-18-40(35)49(42(36)28-33)34-15-5-2-6-16-34/h1-28,39H,(H,47,48). The first-order valence-corrected chi connectivity index (χ1v) is 18.2. The van der Waals surface area contributed by atoms with Gasteiger partial charge >= 0.3 is 0 Å². The molecule has 240 valence electrons. The smallest absolute Gasteiger partial charge is 0.209 e. The van der Waals surface area contributed by atoms with Crippen LogP contribution in [0.4, 0.5) is 0 Å². The Morgan fingerprint density at radius 2 is 1.14 bits per heavy atom. The molecule has 11 rings (SSSR count). The van der Waals surface area contributed by atoms with Crippen LogP contribution >= 0.6 is 11.8 Å². The summed E-state index contributed by atoms with van der Waals surface area (Å²) in [4.78, 5) is 6.61. The van der Waals surface area contributed by atoms with Gasteiger partial charge in [0, 0.05) is 37.7 Å². The quantitative estimate of drug-likeness (QED) is 0.203. The largest absolute Gasteiger partial charge is 0.344 e. The van der Waals surface area contributed by atoms with Crippen LogP contribution < -0.4 is 5.32 Å². The van der Waals surface area contributed by atoms with Crippen molar-refractivity contribution in [3.05, 3.63) is 180 Å². The third-order valence-corrected chi connectivity index (χ3v) is 11.4. The number of hydrogen-bond donors (Lipinski definition) is 1. The number of aliphatic imine (C=N–C) groups is 1. The van der Waals surface area contributed by atoms with Gasteiger partial charge in [-0.05, 0) is 75.8 Å². The van der Waals surface area contributed by atoms with Crippen LogP contribution in [0.1, 0.15) is 5.56 Å². The molecule has 0 saturated heterocycles. The van der Waals surface area contributed by atoms with Crippen LogP contribution in [0.3, 0.4) is 0 Å². The molecular formula is C46H30N4S. The average molecular weight is 671 g/mol. The van der Waals surface area contributed by atoms with E-state index in [0.29, 0.717) is 0 Å². The average Bonchev–Trinajstić information content (AvgIpc) is 3.89. The molecule has 0 aliphatic carbocycles. The molecule has 0 bridgehead atoms. The molecule has 0 saturated carbocycles. The van der Waals surface area contributed by atoms with Crippen molar-refractivity contribution in [1.82, 2.24) is 14.5 Å². The second kappa shape index (κ2) is 11.1. The molecule has 2 aromatic heterocycles. The Balaban J connectivity index is 1.15. The Hall–Kier alpha value is -6.30. The van der Waals surface area contributed by atoms with Crippen molar-refractivity contribution in [3.63, 3.8) is 0 Å². The van der Waals surface area contributed by atoms with Crippen LogP contribution in [0.5, 0.6) is 0 Å². The molecule has 5 heteroatoms. The monoisotopic (exact) mass is 670 g/mol. The highest BCUT2D eigenvalue weighted by Crippen LogP contribution is 2.41.